The molecule has 202 valence electrons. The predicted octanol–water partition coefficient (Wildman–Crippen LogP) is 2.69. The van der Waals surface area contributed by atoms with Crippen LogP contribution >= 0.6 is 11.3 Å². The summed E-state index contributed by atoms with van der Waals surface area (Å²) >= 11 is 1.52. The Morgan fingerprint density at radius 1 is 1.08 bits per heavy atom. The molecule has 0 bridgehead atoms. The number of carbonyl (C=O) groups excluding carboxylic acids is 3. The van der Waals surface area contributed by atoms with Gasteiger partial charge in [-0.1, -0.05) is 24.3 Å². The second kappa shape index (κ2) is 12.5. The van der Waals surface area contributed by atoms with Crippen LogP contribution in [-0.2, 0) is 20.7 Å². The number of aliphatic hydroxyl groups excluding tert-OH is 2. The highest BCUT2D eigenvalue weighted by Gasteiger charge is 2.25. The Bertz CT molecular complexity index is 1470. The van der Waals surface area contributed by atoms with E-state index in [1.807, 2.05) is 23.6 Å². The third kappa shape index (κ3) is 6.77. The van der Waals surface area contributed by atoms with Crippen molar-refractivity contribution in [2.45, 2.75) is 18.6 Å². The van der Waals surface area contributed by atoms with Gasteiger partial charge in [0.25, 0.3) is 5.91 Å². The quantitative estimate of drug-likeness (QED) is 0.218. The van der Waals surface area contributed by atoms with Gasteiger partial charge < -0.3 is 30.1 Å². The molecule has 0 spiro atoms. The van der Waals surface area contributed by atoms with Gasteiger partial charge in [-0.05, 0) is 52.9 Å². The minimum atomic E-state index is -1.26. The van der Waals surface area contributed by atoms with Crippen molar-refractivity contribution >= 4 is 40.1 Å². The number of phenolic OH excluding ortho intramolecular Hbond substituents is 1. The van der Waals surface area contributed by atoms with E-state index in [9.17, 15) is 24.6 Å². The number of aliphatic hydroxyl groups is 2. The largest absolute Gasteiger partial charge is 0.508 e. The first-order valence-corrected chi connectivity index (χ1v) is 12.8. The second-order valence-electron chi connectivity index (χ2n) is 8.62. The number of thiophene rings is 1. The minimum absolute atomic E-state index is 0.0295. The number of methoxy groups -OCH3 is 1. The first kappa shape index (κ1) is 27.7. The maximum atomic E-state index is 13.3. The summed E-state index contributed by atoms with van der Waals surface area (Å²) < 4.78 is 10.0. The minimum Gasteiger partial charge on any atom is -0.508 e. The second-order valence-corrected chi connectivity index (χ2v) is 9.57. The average Bonchev–Trinajstić information content (AvgIpc) is 3.50. The zero-order valence-electron chi connectivity index (χ0n) is 20.9. The van der Waals surface area contributed by atoms with Crippen LogP contribution in [-0.4, -0.2) is 70.6 Å². The topological polar surface area (TPSA) is 155 Å². The number of ether oxygens (including phenoxy) is 2. The lowest BCUT2D eigenvalue weighted by Crippen LogP contribution is -2.43. The molecule has 1 amide bonds. The van der Waals surface area contributed by atoms with Crippen LogP contribution < -0.4 is 5.32 Å². The van der Waals surface area contributed by atoms with Gasteiger partial charge in [-0.2, -0.15) is 0 Å². The number of benzene rings is 2. The summed E-state index contributed by atoms with van der Waals surface area (Å²) in [7, 11) is 1.20. The Hall–Kier alpha value is -4.32. The normalized spacial score (nSPS) is 12.5. The molecule has 2 heterocycles. The number of nitrogens with zero attached hydrogens (tertiary/aromatic N) is 1. The van der Waals surface area contributed by atoms with Gasteiger partial charge in [-0.3, -0.25) is 4.79 Å². The monoisotopic (exact) mass is 550 g/mol. The molecule has 4 aromatic rings. The van der Waals surface area contributed by atoms with Crippen molar-refractivity contribution in [2.75, 3.05) is 20.3 Å². The molecule has 0 saturated carbocycles. The molecule has 2 aromatic carbocycles. The number of nitrogens with one attached hydrogen (secondary N) is 1. The lowest BCUT2D eigenvalue weighted by molar-refractivity contribution is -0.142. The molecule has 0 radical (unpaired) electrons. The highest BCUT2D eigenvalue weighted by atomic mass is 32.1. The number of pyridine rings is 1. The van der Waals surface area contributed by atoms with E-state index in [1.54, 1.807) is 24.3 Å². The number of aromatic nitrogens is 1. The number of amides is 1. The third-order valence-corrected chi connectivity index (χ3v) is 6.77. The molecule has 10 nitrogen and oxygen atoms in total. The number of phenols is 1. The number of rotatable bonds is 10. The van der Waals surface area contributed by atoms with Crippen LogP contribution in [0.5, 0.6) is 5.75 Å². The van der Waals surface area contributed by atoms with E-state index in [0.29, 0.717) is 16.5 Å². The van der Waals surface area contributed by atoms with Gasteiger partial charge in [-0.15, -0.1) is 11.3 Å². The van der Waals surface area contributed by atoms with Gasteiger partial charge >= 0.3 is 11.9 Å². The van der Waals surface area contributed by atoms with E-state index in [1.165, 1.54) is 36.6 Å². The number of hydrogen-bond acceptors (Lipinski definition) is 10. The maximum Gasteiger partial charge on any atom is 0.338 e. The number of esters is 2. The molecule has 0 saturated heterocycles. The summed E-state index contributed by atoms with van der Waals surface area (Å²) in [6, 6.07) is 15.4. The van der Waals surface area contributed by atoms with Crippen LogP contribution in [0.4, 0.5) is 0 Å². The zero-order valence-corrected chi connectivity index (χ0v) is 21.7. The van der Waals surface area contributed by atoms with Crippen molar-refractivity contribution < 1.29 is 39.2 Å². The fraction of sp³-hybridized carbons (Fsp3) is 0.214. The molecule has 2 aromatic heterocycles. The van der Waals surface area contributed by atoms with Crippen molar-refractivity contribution in [1.82, 2.24) is 10.3 Å². The highest BCUT2D eigenvalue weighted by Crippen LogP contribution is 2.30. The molecule has 39 heavy (non-hydrogen) atoms. The Morgan fingerprint density at radius 3 is 2.51 bits per heavy atom. The van der Waals surface area contributed by atoms with Crippen LogP contribution in [0.15, 0.2) is 66.0 Å². The zero-order chi connectivity index (χ0) is 27.9. The molecule has 1 unspecified atom stereocenters. The van der Waals surface area contributed by atoms with Crippen LogP contribution in [0.3, 0.4) is 0 Å². The van der Waals surface area contributed by atoms with E-state index >= 15 is 0 Å². The number of fused-ring (bicyclic) bond motifs is 1. The fourth-order valence-corrected chi connectivity index (χ4v) is 4.57. The SMILES string of the molecule is COC(=O)[C@H](Cc1ccc(O)cc1)NC(=O)c1cc(C(=O)OCC(O)CO)c2cc(-c3cccs3)ccc2n1. The van der Waals surface area contributed by atoms with Crippen LogP contribution in [0.1, 0.15) is 26.4 Å². The highest BCUT2D eigenvalue weighted by molar-refractivity contribution is 7.13. The molecule has 11 heteroatoms. The van der Waals surface area contributed by atoms with Crippen molar-refractivity contribution in [3.63, 3.8) is 0 Å². The van der Waals surface area contributed by atoms with Gasteiger partial charge in [0.1, 0.15) is 30.2 Å². The van der Waals surface area contributed by atoms with Crippen LogP contribution in [0.25, 0.3) is 21.3 Å². The number of carbonyl (C=O) groups is 3. The summed E-state index contributed by atoms with van der Waals surface area (Å²) in [6.45, 7) is -1.03. The Balaban J connectivity index is 1.68. The summed E-state index contributed by atoms with van der Waals surface area (Å²) in [6.07, 6.45) is -1.17. The fourth-order valence-electron chi connectivity index (χ4n) is 3.84. The molecule has 0 aliphatic rings. The van der Waals surface area contributed by atoms with Crippen LogP contribution in [0, 0.1) is 0 Å². The first-order valence-electron chi connectivity index (χ1n) is 11.9. The molecule has 0 aliphatic carbocycles. The summed E-state index contributed by atoms with van der Waals surface area (Å²) in [5.41, 5.74) is 1.73. The van der Waals surface area contributed by atoms with Crippen molar-refractivity contribution in [2.24, 2.45) is 0 Å². The van der Waals surface area contributed by atoms with E-state index < -0.39 is 43.2 Å². The Kier molecular flexibility index (Phi) is 8.87. The average molecular weight is 551 g/mol. The smallest absolute Gasteiger partial charge is 0.338 e. The van der Waals surface area contributed by atoms with Crippen LogP contribution in [0.2, 0.25) is 0 Å². The lowest BCUT2D eigenvalue weighted by atomic mass is 10.0. The Morgan fingerprint density at radius 2 is 1.85 bits per heavy atom. The summed E-state index contributed by atoms with van der Waals surface area (Å²) in [5.74, 6) is -2.17. The molecule has 0 fully saturated rings. The first-order chi connectivity index (χ1) is 18.8. The van der Waals surface area contributed by atoms with Gasteiger partial charge in [0.15, 0.2) is 0 Å². The molecular weight excluding hydrogens is 524 g/mol. The summed E-state index contributed by atoms with van der Waals surface area (Å²) in [4.78, 5) is 44.1. The van der Waals surface area contributed by atoms with Crippen molar-refractivity contribution in [3.8, 4) is 16.2 Å². The van der Waals surface area contributed by atoms with Gasteiger partial charge in [0.05, 0.1) is 24.8 Å². The molecule has 0 aliphatic heterocycles. The van der Waals surface area contributed by atoms with E-state index in [-0.39, 0.29) is 23.4 Å². The van der Waals surface area contributed by atoms with Crippen molar-refractivity contribution in [1.29, 1.82) is 0 Å². The van der Waals surface area contributed by atoms with Crippen molar-refractivity contribution in [3.05, 3.63) is 82.9 Å². The predicted molar refractivity (Wildman–Crippen MR) is 144 cm³/mol. The van der Waals surface area contributed by atoms with E-state index in [0.717, 1.165) is 10.4 Å². The van der Waals surface area contributed by atoms with Gasteiger partial charge in [0, 0.05) is 16.7 Å². The summed E-state index contributed by atoms with van der Waals surface area (Å²) in [5, 5.41) is 33.2. The molecule has 4 rings (SSSR count). The van der Waals surface area contributed by atoms with Gasteiger partial charge in [-0.25, -0.2) is 14.6 Å². The van der Waals surface area contributed by atoms with Gasteiger partial charge in [0.2, 0.25) is 0 Å². The number of aromatic hydroxyl groups is 1. The lowest BCUT2D eigenvalue weighted by Gasteiger charge is -2.17. The number of hydrogen-bond donors (Lipinski definition) is 4. The molecule has 2 atom stereocenters. The standard InChI is InChI=1S/C28H26N2O8S/c1-37-28(36)24(11-16-4-7-18(32)8-5-16)30-26(34)23-13-21(27(35)38-15-19(33)14-31)20-12-17(6-9-22(20)29-23)25-3-2-10-39-25/h2-10,12-13,19,24,31-33H,11,14-15H2,1H3,(H,30,34)/t19?,24-/m0/s1. The van der Waals surface area contributed by atoms with E-state index in [2.05, 4.69) is 10.3 Å². The molecular formula is C28H26N2O8S. The Labute approximate surface area is 227 Å². The maximum absolute atomic E-state index is 13.3. The van der Waals surface area contributed by atoms with E-state index in [4.69, 9.17) is 14.6 Å². The molecule has 4 N–H and O–H groups in total. The third-order valence-electron chi connectivity index (χ3n) is 5.85.